The van der Waals surface area contributed by atoms with Crippen LogP contribution in [0.1, 0.15) is 24.2 Å². The van der Waals surface area contributed by atoms with Crippen LogP contribution in [0.3, 0.4) is 0 Å². The van der Waals surface area contributed by atoms with E-state index in [0.717, 1.165) is 0 Å². The van der Waals surface area contributed by atoms with Crippen LogP contribution in [-0.4, -0.2) is 19.5 Å². The monoisotopic (exact) mass is 228 g/mol. The molecule has 0 radical (unpaired) electrons. The van der Waals surface area contributed by atoms with Gasteiger partial charge >= 0.3 is 0 Å². The summed E-state index contributed by atoms with van der Waals surface area (Å²) in [5, 5.41) is 0.449. The molecule has 0 bridgehead atoms. The van der Waals surface area contributed by atoms with Crippen molar-refractivity contribution in [2.24, 2.45) is 0 Å². The van der Waals surface area contributed by atoms with Crippen LogP contribution in [0.15, 0.2) is 12.1 Å². The van der Waals surface area contributed by atoms with Crippen molar-refractivity contribution in [2.45, 2.75) is 20.0 Å². The van der Waals surface area contributed by atoms with E-state index in [0.29, 0.717) is 28.4 Å². The number of hydrogen-bond donors (Lipinski definition) is 0. The zero-order valence-corrected chi connectivity index (χ0v) is 9.67. The van der Waals surface area contributed by atoms with Gasteiger partial charge < -0.3 is 9.47 Å². The van der Waals surface area contributed by atoms with E-state index in [2.05, 4.69) is 0 Å². The third kappa shape index (κ3) is 2.86. The van der Waals surface area contributed by atoms with Crippen molar-refractivity contribution < 1.29 is 14.3 Å². The molecule has 0 N–H and O–H groups in total. The van der Waals surface area contributed by atoms with Gasteiger partial charge in [-0.15, -0.1) is 0 Å². The Morgan fingerprint density at radius 2 is 2.07 bits per heavy atom. The number of rotatable bonds is 4. The zero-order chi connectivity index (χ0) is 11.4. The van der Waals surface area contributed by atoms with Crippen LogP contribution in [0, 0.1) is 0 Å². The summed E-state index contributed by atoms with van der Waals surface area (Å²) >= 11 is 5.82. The molecule has 4 heteroatoms. The fourth-order valence-electron chi connectivity index (χ4n) is 1.19. The highest BCUT2D eigenvalue weighted by molar-refractivity contribution is 6.31. The molecular formula is C11H13ClO3. The molecule has 0 aliphatic heterocycles. The molecule has 1 rings (SSSR count). The van der Waals surface area contributed by atoms with Gasteiger partial charge in [0.25, 0.3) is 0 Å². The van der Waals surface area contributed by atoms with Gasteiger partial charge in [-0.05, 0) is 19.9 Å². The van der Waals surface area contributed by atoms with E-state index in [9.17, 15) is 4.79 Å². The van der Waals surface area contributed by atoms with E-state index in [1.807, 2.05) is 13.8 Å². The molecule has 0 aliphatic carbocycles. The first-order valence-corrected chi connectivity index (χ1v) is 4.95. The van der Waals surface area contributed by atoms with Crippen LogP contribution in [0.2, 0.25) is 5.02 Å². The fourth-order valence-corrected chi connectivity index (χ4v) is 1.41. The molecule has 0 heterocycles. The maximum atomic E-state index is 10.8. The standard InChI is InChI=1S/C11H13ClO3/c1-7(2)15-11-8(6-13)4-9(12)5-10(11)14-3/h4-7H,1-3H3. The lowest BCUT2D eigenvalue weighted by Crippen LogP contribution is -2.08. The summed E-state index contributed by atoms with van der Waals surface area (Å²) in [6.07, 6.45) is 0.672. The zero-order valence-electron chi connectivity index (χ0n) is 8.91. The van der Waals surface area contributed by atoms with Crippen molar-refractivity contribution in [3.8, 4) is 11.5 Å². The highest BCUT2D eigenvalue weighted by atomic mass is 35.5. The van der Waals surface area contributed by atoms with Crippen molar-refractivity contribution in [1.82, 2.24) is 0 Å². The molecule has 1 aromatic carbocycles. The van der Waals surface area contributed by atoms with Gasteiger partial charge in [-0.2, -0.15) is 0 Å². The molecule has 0 fully saturated rings. The summed E-state index contributed by atoms with van der Waals surface area (Å²) in [5.74, 6) is 0.908. The maximum absolute atomic E-state index is 10.8. The van der Waals surface area contributed by atoms with Crippen molar-refractivity contribution in [2.75, 3.05) is 7.11 Å². The number of carbonyl (C=O) groups is 1. The quantitative estimate of drug-likeness (QED) is 0.744. The molecule has 1 aromatic rings. The molecule has 0 aromatic heterocycles. The third-order valence-corrected chi connectivity index (χ3v) is 1.97. The first-order chi connectivity index (χ1) is 7.08. The molecular weight excluding hydrogens is 216 g/mol. The molecule has 0 spiro atoms. The second-order valence-corrected chi connectivity index (χ2v) is 3.75. The molecule has 0 atom stereocenters. The van der Waals surface area contributed by atoms with Crippen molar-refractivity contribution in [1.29, 1.82) is 0 Å². The Bertz CT molecular complexity index is 361. The topological polar surface area (TPSA) is 35.5 Å². The van der Waals surface area contributed by atoms with E-state index in [1.165, 1.54) is 7.11 Å². The number of ether oxygens (including phenoxy) is 2. The smallest absolute Gasteiger partial charge is 0.172 e. The lowest BCUT2D eigenvalue weighted by Gasteiger charge is -2.15. The SMILES string of the molecule is COc1cc(Cl)cc(C=O)c1OC(C)C. The average Bonchev–Trinajstić information content (AvgIpc) is 2.19. The summed E-state index contributed by atoms with van der Waals surface area (Å²) in [4.78, 5) is 10.8. The minimum atomic E-state index is -0.0289. The molecule has 0 saturated heterocycles. The first-order valence-electron chi connectivity index (χ1n) is 4.57. The Hall–Kier alpha value is -1.22. The van der Waals surface area contributed by atoms with Crippen molar-refractivity contribution in [3.63, 3.8) is 0 Å². The van der Waals surface area contributed by atoms with Crippen LogP contribution >= 0.6 is 11.6 Å². The van der Waals surface area contributed by atoms with E-state index in [4.69, 9.17) is 21.1 Å². The summed E-state index contributed by atoms with van der Waals surface area (Å²) in [5.41, 5.74) is 0.396. The Kier molecular flexibility index (Phi) is 3.97. The molecule has 0 unspecified atom stereocenters. The van der Waals surface area contributed by atoms with Gasteiger partial charge in [0, 0.05) is 11.1 Å². The summed E-state index contributed by atoms with van der Waals surface area (Å²) in [6.45, 7) is 3.76. The fraction of sp³-hybridized carbons (Fsp3) is 0.364. The minimum Gasteiger partial charge on any atom is -0.493 e. The van der Waals surface area contributed by atoms with E-state index in [-0.39, 0.29) is 6.10 Å². The highest BCUT2D eigenvalue weighted by Gasteiger charge is 2.13. The van der Waals surface area contributed by atoms with E-state index >= 15 is 0 Å². The molecule has 82 valence electrons. The first kappa shape index (κ1) is 11.9. The molecule has 0 aliphatic rings. The van der Waals surface area contributed by atoms with E-state index in [1.54, 1.807) is 12.1 Å². The number of hydrogen-bond acceptors (Lipinski definition) is 3. The normalized spacial score (nSPS) is 10.2. The van der Waals surface area contributed by atoms with Gasteiger partial charge in [-0.1, -0.05) is 11.6 Å². The Morgan fingerprint density at radius 3 is 2.53 bits per heavy atom. The molecule has 15 heavy (non-hydrogen) atoms. The van der Waals surface area contributed by atoms with Crippen molar-refractivity contribution >= 4 is 17.9 Å². The van der Waals surface area contributed by atoms with Crippen LogP contribution in [0.25, 0.3) is 0 Å². The number of benzene rings is 1. The predicted octanol–water partition coefficient (Wildman–Crippen LogP) is 2.95. The summed E-state index contributed by atoms with van der Waals surface area (Å²) < 4.78 is 10.6. The molecule has 0 saturated carbocycles. The van der Waals surface area contributed by atoms with Gasteiger partial charge in [-0.3, -0.25) is 4.79 Å². The van der Waals surface area contributed by atoms with Gasteiger partial charge in [-0.25, -0.2) is 0 Å². The Labute approximate surface area is 93.9 Å². The van der Waals surface area contributed by atoms with E-state index < -0.39 is 0 Å². The maximum Gasteiger partial charge on any atom is 0.172 e. The Balaban J connectivity index is 3.23. The predicted molar refractivity (Wildman–Crippen MR) is 59.2 cm³/mol. The van der Waals surface area contributed by atoms with Crippen LogP contribution in [0.5, 0.6) is 11.5 Å². The summed E-state index contributed by atoms with van der Waals surface area (Å²) in [6, 6.07) is 3.17. The molecule has 0 amide bonds. The summed E-state index contributed by atoms with van der Waals surface area (Å²) in [7, 11) is 1.51. The third-order valence-electron chi connectivity index (χ3n) is 1.75. The number of methoxy groups -OCH3 is 1. The molecule has 3 nitrogen and oxygen atoms in total. The second-order valence-electron chi connectivity index (χ2n) is 3.31. The Morgan fingerprint density at radius 1 is 1.40 bits per heavy atom. The second kappa shape index (κ2) is 5.03. The average molecular weight is 229 g/mol. The largest absolute Gasteiger partial charge is 0.493 e. The van der Waals surface area contributed by atoms with Crippen LogP contribution in [0.4, 0.5) is 0 Å². The lowest BCUT2D eigenvalue weighted by molar-refractivity contribution is 0.111. The van der Waals surface area contributed by atoms with Gasteiger partial charge in [0.2, 0.25) is 0 Å². The van der Waals surface area contributed by atoms with Crippen LogP contribution in [-0.2, 0) is 0 Å². The van der Waals surface area contributed by atoms with Gasteiger partial charge in [0.05, 0.1) is 18.8 Å². The van der Waals surface area contributed by atoms with Crippen molar-refractivity contribution in [3.05, 3.63) is 22.7 Å². The number of aldehydes is 1. The number of halogens is 1. The number of carbonyl (C=O) groups excluding carboxylic acids is 1. The van der Waals surface area contributed by atoms with Gasteiger partial charge in [0.1, 0.15) is 0 Å². The van der Waals surface area contributed by atoms with Gasteiger partial charge in [0.15, 0.2) is 17.8 Å². The lowest BCUT2D eigenvalue weighted by atomic mass is 10.2. The highest BCUT2D eigenvalue weighted by Crippen LogP contribution is 2.34. The van der Waals surface area contributed by atoms with Crippen LogP contribution < -0.4 is 9.47 Å². The minimum absolute atomic E-state index is 0.0289.